The number of sulfonamides is 1. The Morgan fingerprint density at radius 3 is 2.72 bits per heavy atom. The quantitative estimate of drug-likeness (QED) is 0.627. The molecule has 0 saturated heterocycles. The Balaban J connectivity index is 1.51. The van der Waals surface area contributed by atoms with Crippen molar-refractivity contribution in [2.75, 3.05) is 11.9 Å². The average molecular weight is 359 g/mol. The molecule has 0 aliphatic heterocycles. The monoisotopic (exact) mass is 359 g/mol. The third kappa shape index (κ3) is 2.87. The summed E-state index contributed by atoms with van der Waals surface area (Å²) in [7, 11) is -4.00. The summed E-state index contributed by atoms with van der Waals surface area (Å²) in [5, 5.41) is 19.3. The van der Waals surface area contributed by atoms with Crippen LogP contribution in [-0.2, 0) is 16.4 Å². The molecule has 3 atom stereocenters. The van der Waals surface area contributed by atoms with Crippen LogP contribution in [0.5, 0.6) is 0 Å². The van der Waals surface area contributed by atoms with E-state index in [1.54, 1.807) is 0 Å². The molecule has 2 aliphatic carbocycles. The van der Waals surface area contributed by atoms with Crippen molar-refractivity contribution in [2.24, 2.45) is 17.0 Å². The minimum atomic E-state index is -4.00. The van der Waals surface area contributed by atoms with Crippen LogP contribution in [0.4, 0.5) is 11.4 Å². The van der Waals surface area contributed by atoms with Crippen molar-refractivity contribution in [1.82, 2.24) is 0 Å². The zero-order chi connectivity index (χ0) is 17.8. The predicted molar refractivity (Wildman–Crippen MR) is 92.8 cm³/mol. The lowest BCUT2D eigenvalue weighted by molar-refractivity contribution is -0.385. The van der Waals surface area contributed by atoms with Crippen molar-refractivity contribution in [2.45, 2.75) is 17.2 Å². The predicted octanol–water partition coefficient (Wildman–Crippen LogP) is 2.24. The maximum atomic E-state index is 11.5. The largest absolute Gasteiger partial charge is 0.384 e. The summed E-state index contributed by atoms with van der Waals surface area (Å²) in [6.07, 6.45) is 1.06. The van der Waals surface area contributed by atoms with Gasteiger partial charge in [-0.2, -0.15) is 0 Å². The van der Waals surface area contributed by atoms with Gasteiger partial charge in [-0.15, -0.1) is 0 Å². The zero-order valence-electron chi connectivity index (χ0n) is 13.3. The minimum Gasteiger partial charge on any atom is -0.384 e. The molecular formula is C17H17N3O4S. The Hall–Kier alpha value is -2.45. The molecule has 2 aromatic carbocycles. The highest BCUT2D eigenvalue weighted by Gasteiger charge is 2.54. The van der Waals surface area contributed by atoms with E-state index in [0.29, 0.717) is 30.0 Å². The van der Waals surface area contributed by atoms with Gasteiger partial charge in [0.2, 0.25) is 10.0 Å². The summed E-state index contributed by atoms with van der Waals surface area (Å²) in [6.45, 7) is 0.648. The van der Waals surface area contributed by atoms with Gasteiger partial charge in [0, 0.05) is 24.4 Å². The van der Waals surface area contributed by atoms with Crippen molar-refractivity contribution >= 4 is 21.4 Å². The fourth-order valence-corrected chi connectivity index (χ4v) is 4.53. The van der Waals surface area contributed by atoms with E-state index in [1.807, 2.05) is 6.07 Å². The Labute approximate surface area is 145 Å². The summed E-state index contributed by atoms with van der Waals surface area (Å²) in [5.41, 5.74) is 2.90. The van der Waals surface area contributed by atoms with Crippen LogP contribution in [0.3, 0.4) is 0 Å². The number of nitro groups is 1. The van der Waals surface area contributed by atoms with Crippen molar-refractivity contribution < 1.29 is 13.3 Å². The molecule has 2 aliphatic rings. The first-order valence-corrected chi connectivity index (χ1v) is 9.53. The van der Waals surface area contributed by atoms with Crippen LogP contribution in [0.1, 0.15) is 17.0 Å². The van der Waals surface area contributed by atoms with Crippen LogP contribution >= 0.6 is 0 Å². The molecular weight excluding hydrogens is 342 g/mol. The van der Waals surface area contributed by atoms with Crippen LogP contribution in [0.25, 0.3) is 0 Å². The number of anilines is 1. The lowest BCUT2D eigenvalue weighted by Crippen LogP contribution is -2.14. The van der Waals surface area contributed by atoms with E-state index in [1.165, 1.54) is 23.3 Å². The topological polar surface area (TPSA) is 115 Å². The second kappa shape index (κ2) is 5.53. The number of nitro benzene ring substituents is 1. The third-order valence-electron chi connectivity index (χ3n) is 5.17. The van der Waals surface area contributed by atoms with Gasteiger partial charge in [0.25, 0.3) is 5.69 Å². The molecule has 8 heteroatoms. The molecule has 0 spiro atoms. The van der Waals surface area contributed by atoms with E-state index >= 15 is 0 Å². The molecule has 0 heterocycles. The summed E-state index contributed by atoms with van der Waals surface area (Å²) >= 11 is 0. The second-order valence-electron chi connectivity index (χ2n) is 6.66. The number of benzene rings is 2. The van der Waals surface area contributed by atoms with Gasteiger partial charge < -0.3 is 5.32 Å². The summed E-state index contributed by atoms with van der Waals surface area (Å²) in [4.78, 5) is 10.1. The van der Waals surface area contributed by atoms with E-state index in [9.17, 15) is 18.5 Å². The third-order valence-corrected chi connectivity index (χ3v) is 6.07. The van der Waals surface area contributed by atoms with E-state index < -0.39 is 14.9 Å². The average Bonchev–Trinajstić information content (AvgIpc) is 3.10. The summed E-state index contributed by atoms with van der Waals surface area (Å²) < 4.78 is 23.1. The maximum absolute atomic E-state index is 11.5. The number of rotatable bonds is 5. The standard InChI is InChI=1S/C17H17N3O4S/c18-25(23,24)13-7-11(6-12(8-13)20(21)22)19-9-16-15-5-10-3-1-2-4-14(10)17(15)16/h1-4,6-8,15-17,19H,5,9H2,(H2,18,23,24). The van der Waals surface area contributed by atoms with Crippen molar-refractivity contribution in [3.05, 3.63) is 63.7 Å². The molecule has 3 unspecified atom stereocenters. The van der Waals surface area contributed by atoms with Gasteiger partial charge in [-0.05, 0) is 41.4 Å². The van der Waals surface area contributed by atoms with Crippen molar-refractivity contribution in [3.8, 4) is 0 Å². The molecule has 1 fully saturated rings. The van der Waals surface area contributed by atoms with Gasteiger partial charge >= 0.3 is 0 Å². The number of nitrogens with zero attached hydrogens (tertiary/aromatic N) is 1. The Kier molecular flexibility index (Phi) is 3.55. The van der Waals surface area contributed by atoms with Gasteiger partial charge in [-0.25, -0.2) is 13.6 Å². The molecule has 7 nitrogen and oxygen atoms in total. The maximum Gasteiger partial charge on any atom is 0.272 e. The number of non-ortho nitro benzene ring substituents is 1. The van der Waals surface area contributed by atoms with Gasteiger partial charge in [-0.1, -0.05) is 24.3 Å². The van der Waals surface area contributed by atoms with Crippen LogP contribution < -0.4 is 10.5 Å². The van der Waals surface area contributed by atoms with Gasteiger partial charge in [-0.3, -0.25) is 10.1 Å². The molecule has 0 radical (unpaired) electrons. The SMILES string of the molecule is NS(=O)(=O)c1cc(NCC2C3Cc4ccccc4C23)cc([N+](=O)[O-])c1. The van der Waals surface area contributed by atoms with E-state index in [0.717, 1.165) is 12.5 Å². The Morgan fingerprint density at radius 2 is 2.00 bits per heavy atom. The Bertz CT molecular complexity index is 974. The lowest BCUT2D eigenvalue weighted by Gasteiger charge is -2.11. The Morgan fingerprint density at radius 1 is 1.24 bits per heavy atom. The lowest BCUT2D eigenvalue weighted by atomic mass is 10.0. The second-order valence-corrected chi connectivity index (χ2v) is 8.22. The molecule has 4 rings (SSSR count). The van der Waals surface area contributed by atoms with E-state index in [2.05, 4.69) is 23.5 Å². The number of primary sulfonamides is 1. The molecule has 0 bridgehead atoms. The van der Waals surface area contributed by atoms with Gasteiger partial charge in [0.15, 0.2) is 0 Å². The molecule has 130 valence electrons. The molecule has 1 saturated carbocycles. The number of hydrogen-bond donors (Lipinski definition) is 2. The normalized spacial score (nSPS) is 23.6. The van der Waals surface area contributed by atoms with E-state index in [4.69, 9.17) is 5.14 Å². The van der Waals surface area contributed by atoms with Crippen LogP contribution in [-0.4, -0.2) is 19.9 Å². The molecule has 25 heavy (non-hydrogen) atoms. The molecule has 3 N–H and O–H groups in total. The summed E-state index contributed by atoms with van der Waals surface area (Å²) in [6, 6.07) is 12.1. The molecule has 0 amide bonds. The highest BCUT2D eigenvalue weighted by molar-refractivity contribution is 7.89. The van der Waals surface area contributed by atoms with Crippen molar-refractivity contribution in [3.63, 3.8) is 0 Å². The summed E-state index contributed by atoms with van der Waals surface area (Å²) in [5.74, 6) is 1.59. The van der Waals surface area contributed by atoms with Gasteiger partial charge in [0.05, 0.1) is 9.82 Å². The fourth-order valence-electron chi connectivity index (χ4n) is 3.95. The van der Waals surface area contributed by atoms with Gasteiger partial charge in [0.1, 0.15) is 0 Å². The molecule has 2 aromatic rings. The van der Waals surface area contributed by atoms with E-state index in [-0.39, 0.29) is 10.6 Å². The number of hydrogen-bond acceptors (Lipinski definition) is 5. The number of fused-ring (bicyclic) bond motifs is 3. The highest BCUT2D eigenvalue weighted by atomic mass is 32.2. The first kappa shape index (κ1) is 16.0. The van der Waals surface area contributed by atoms with Crippen LogP contribution in [0.15, 0.2) is 47.4 Å². The highest BCUT2D eigenvalue weighted by Crippen LogP contribution is 2.61. The van der Waals surface area contributed by atoms with Crippen molar-refractivity contribution in [1.29, 1.82) is 0 Å². The smallest absolute Gasteiger partial charge is 0.272 e. The van der Waals surface area contributed by atoms with Crippen LogP contribution in [0, 0.1) is 22.0 Å². The minimum absolute atomic E-state index is 0.259. The molecule has 0 aromatic heterocycles. The number of nitrogens with two attached hydrogens (primary N) is 1. The first-order valence-electron chi connectivity index (χ1n) is 7.98. The zero-order valence-corrected chi connectivity index (χ0v) is 14.1. The van der Waals surface area contributed by atoms with Crippen LogP contribution in [0.2, 0.25) is 0 Å². The fraction of sp³-hybridized carbons (Fsp3) is 0.294. The number of nitrogens with one attached hydrogen (secondary N) is 1. The first-order chi connectivity index (χ1) is 11.8.